The molecule has 0 radical (unpaired) electrons. The van der Waals surface area contributed by atoms with Gasteiger partial charge in [0.25, 0.3) is 0 Å². The molecule has 0 fully saturated rings. The number of hydrogen-bond donors (Lipinski definition) is 0. The van der Waals surface area contributed by atoms with Crippen LogP contribution in [0.5, 0.6) is 0 Å². The van der Waals surface area contributed by atoms with Gasteiger partial charge in [-0.3, -0.25) is 9.67 Å². The van der Waals surface area contributed by atoms with Gasteiger partial charge in [0.2, 0.25) is 0 Å². The van der Waals surface area contributed by atoms with Crippen molar-refractivity contribution in [3.63, 3.8) is 0 Å². The van der Waals surface area contributed by atoms with Crippen molar-refractivity contribution in [2.24, 2.45) is 7.05 Å². The normalized spacial score (nSPS) is 11.4. The zero-order valence-corrected chi connectivity index (χ0v) is 12.4. The lowest BCUT2D eigenvalue weighted by Crippen LogP contribution is -1.93. The van der Waals surface area contributed by atoms with Crippen molar-refractivity contribution < 1.29 is 0 Å². The van der Waals surface area contributed by atoms with Crippen molar-refractivity contribution in [3.05, 3.63) is 47.8 Å². The van der Waals surface area contributed by atoms with Gasteiger partial charge in [-0.05, 0) is 42.2 Å². The third-order valence-corrected chi connectivity index (χ3v) is 3.93. The highest BCUT2D eigenvalue weighted by Gasteiger charge is 2.10. The number of fused-ring (bicyclic) bond motifs is 1. The summed E-state index contributed by atoms with van der Waals surface area (Å²) in [5, 5.41) is 5.53. The van der Waals surface area contributed by atoms with Crippen LogP contribution in [0.15, 0.2) is 36.7 Å². The summed E-state index contributed by atoms with van der Waals surface area (Å²) in [7, 11) is 1.97. The minimum absolute atomic E-state index is 0.513. The maximum Gasteiger partial charge on any atom is 0.0707 e. The molecule has 2 aromatic heterocycles. The van der Waals surface area contributed by atoms with Gasteiger partial charge in [0.1, 0.15) is 0 Å². The van der Waals surface area contributed by atoms with Gasteiger partial charge in [0.05, 0.1) is 17.4 Å². The highest BCUT2D eigenvalue weighted by molar-refractivity contribution is 5.88. The van der Waals surface area contributed by atoms with Crippen LogP contribution in [0.1, 0.15) is 30.9 Å². The van der Waals surface area contributed by atoms with E-state index in [2.05, 4.69) is 55.1 Å². The number of aryl methyl sites for hydroxylation is 2. The maximum atomic E-state index is 4.54. The van der Waals surface area contributed by atoms with Crippen LogP contribution >= 0.6 is 0 Å². The third kappa shape index (κ3) is 1.99. The fourth-order valence-electron chi connectivity index (χ4n) is 2.60. The smallest absolute Gasteiger partial charge is 0.0707 e. The second-order valence-corrected chi connectivity index (χ2v) is 5.57. The van der Waals surface area contributed by atoms with E-state index in [-0.39, 0.29) is 0 Å². The molecule has 3 nitrogen and oxygen atoms in total. The molecule has 3 heteroatoms. The van der Waals surface area contributed by atoms with E-state index in [0.717, 1.165) is 11.2 Å². The van der Waals surface area contributed by atoms with Gasteiger partial charge in [-0.2, -0.15) is 5.10 Å². The molecule has 3 rings (SSSR count). The summed E-state index contributed by atoms with van der Waals surface area (Å²) >= 11 is 0. The number of aromatic nitrogens is 3. The highest BCUT2D eigenvalue weighted by atomic mass is 15.2. The summed E-state index contributed by atoms with van der Waals surface area (Å²) in [5.41, 5.74) is 5.95. The molecule has 102 valence electrons. The van der Waals surface area contributed by atoms with Gasteiger partial charge in [-0.15, -0.1) is 0 Å². The number of hydrogen-bond acceptors (Lipinski definition) is 2. The Kier molecular flexibility index (Phi) is 3.05. The Morgan fingerprint density at radius 1 is 1.15 bits per heavy atom. The largest absolute Gasteiger partial charge is 0.268 e. The van der Waals surface area contributed by atoms with E-state index < -0.39 is 0 Å². The average molecular weight is 265 g/mol. The maximum absolute atomic E-state index is 4.54. The Morgan fingerprint density at radius 2 is 1.95 bits per heavy atom. The Balaban J connectivity index is 2.19. The summed E-state index contributed by atoms with van der Waals surface area (Å²) < 4.78 is 1.91. The summed E-state index contributed by atoms with van der Waals surface area (Å²) in [5.74, 6) is 0.513. The lowest BCUT2D eigenvalue weighted by atomic mass is 9.98. The zero-order valence-electron chi connectivity index (χ0n) is 12.4. The molecule has 20 heavy (non-hydrogen) atoms. The van der Waals surface area contributed by atoms with E-state index in [1.807, 2.05) is 24.1 Å². The lowest BCUT2D eigenvalue weighted by Gasteiger charge is -2.10. The summed E-state index contributed by atoms with van der Waals surface area (Å²) in [4.78, 5) is 4.54. The molecule has 0 aliphatic carbocycles. The monoisotopic (exact) mass is 265 g/mol. The predicted molar refractivity (Wildman–Crippen MR) is 82.8 cm³/mol. The van der Waals surface area contributed by atoms with Crippen LogP contribution < -0.4 is 0 Å². The second kappa shape index (κ2) is 4.75. The van der Waals surface area contributed by atoms with Gasteiger partial charge in [0.15, 0.2) is 0 Å². The molecule has 3 aromatic rings. The molecule has 0 saturated heterocycles. The topological polar surface area (TPSA) is 30.7 Å². The van der Waals surface area contributed by atoms with Gasteiger partial charge >= 0.3 is 0 Å². The predicted octanol–water partition coefficient (Wildman–Crippen LogP) is 4.07. The average Bonchev–Trinajstić information content (AvgIpc) is 2.82. The first-order valence-electron chi connectivity index (χ1n) is 6.95. The third-order valence-electron chi connectivity index (χ3n) is 3.93. The Labute approximate surface area is 119 Å². The van der Waals surface area contributed by atoms with Crippen molar-refractivity contribution in [2.45, 2.75) is 26.7 Å². The molecule has 0 atom stereocenters. The lowest BCUT2D eigenvalue weighted by molar-refractivity contribution is 0.797. The number of nitrogens with zero attached hydrogens (tertiary/aromatic N) is 3. The molecule has 0 amide bonds. The van der Waals surface area contributed by atoms with E-state index >= 15 is 0 Å². The second-order valence-electron chi connectivity index (χ2n) is 5.57. The van der Waals surface area contributed by atoms with Crippen LogP contribution in [0.25, 0.3) is 22.2 Å². The van der Waals surface area contributed by atoms with E-state index in [1.54, 1.807) is 0 Å². The molecule has 0 aliphatic heterocycles. The van der Waals surface area contributed by atoms with Gasteiger partial charge < -0.3 is 0 Å². The fourth-order valence-corrected chi connectivity index (χ4v) is 2.60. The molecule has 0 aliphatic rings. The SMILES string of the molecule is Cc1c(-c2cc(C(C)C)ccn2)ccc2c1cnn2C. The standard InChI is InChI=1S/C17H19N3/c1-11(2)13-7-8-18-16(9-13)14-5-6-17-15(12(14)3)10-19-20(17)4/h5-11H,1-4H3. The minimum atomic E-state index is 0.513. The molecular formula is C17H19N3. The van der Waals surface area contributed by atoms with E-state index in [4.69, 9.17) is 0 Å². The first kappa shape index (κ1) is 12.9. The van der Waals surface area contributed by atoms with E-state index in [9.17, 15) is 0 Å². The van der Waals surface area contributed by atoms with Crippen molar-refractivity contribution in [1.29, 1.82) is 0 Å². The van der Waals surface area contributed by atoms with Crippen LogP contribution in [0.3, 0.4) is 0 Å². The van der Waals surface area contributed by atoms with Gasteiger partial charge in [0, 0.05) is 24.2 Å². The van der Waals surface area contributed by atoms with Crippen molar-refractivity contribution in [3.8, 4) is 11.3 Å². The Morgan fingerprint density at radius 3 is 2.70 bits per heavy atom. The number of rotatable bonds is 2. The van der Waals surface area contributed by atoms with E-state index in [1.165, 1.54) is 22.1 Å². The van der Waals surface area contributed by atoms with E-state index in [0.29, 0.717) is 5.92 Å². The van der Waals surface area contributed by atoms with Crippen LogP contribution in [0, 0.1) is 6.92 Å². The first-order valence-corrected chi connectivity index (χ1v) is 6.95. The number of benzene rings is 1. The molecule has 0 saturated carbocycles. The first-order chi connectivity index (χ1) is 9.58. The van der Waals surface area contributed by atoms with Crippen molar-refractivity contribution >= 4 is 10.9 Å². The fraction of sp³-hybridized carbons (Fsp3) is 0.294. The quantitative estimate of drug-likeness (QED) is 0.699. The molecule has 2 heterocycles. The Bertz CT molecular complexity index is 769. The van der Waals surface area contributed by atoms with Crippen molar-refractivity contribution in [1.82, 2.24) is 14.8 Å². The van der Waals surface area contributed by atoms with Gasteiger partial charge in [-0.1, -0.05) is 19.9 Å². The van der Waals surface area contributed by atoms with Crippen LogP contribution in [0.2, 0.25) is 0 Å². The molecule has 1 aromatic carbocycles. The molecular weight excluding hydrogens is 246 g/mol. The molecule has 0 spiro atoms. The van der Waals surface area contributed by atoms with Crippen molar-refractivity contribution in [2.75, 3.05) is 0 Å². The summed E-state index contributed by atoms with van der Waals surface area (Å²) in [6.45, 7) is 6.55. The highest BCUT2D eigenvalue weighted by Crippen LogP contribution is 2.29. The minimum Gasteiger partial charge on any atom is -0.268 e. The molecule has 0 N–H and O–H groups in total. The summed E-state index contributed by atoms with van der Waals surface area (Å²) in [6, 6.07) is 8.54. The van der Waals surface area contributed by atoms with Gasteiger partial charge in [-0.25, -0.2) is 0 Å². The van der Waals surface area contributed by atoms with Crippen LogP contribution in [-0.4, -0.2) is 14.8 Å². The zero-order chi connectivity index (χ0) is 14.3. The Hall–Kier alpha value is -2.16. The summed E-state index contributed by atoms with van der Waals surface area (Å²) in [6.07, 6.45) is 3.83. The van der Waals surface area contributed by atoms with Crippen LogP contribution in [-0.2, 0) is 7.05 Å². The molecule has 0 bridgehead atoms. The van der Waals surface area contributed by atoms with Crippen LogP contribution in [0.4, 0.5) is 0 Å². The number of pyridine rings is 1. The molecule has 0 unspecified atom stereocenters.